The Morgan fingerprint density at radius 3 is 2.93 bits per heavy atom. The fraction of sp³-hybridized carbons (Fsp3) is 0.222. The highest BCUT2D eigenvalue weighted by Crippen LogP contribution is 2.20. The lowest BCUT2D eigenvalue weighted by molar-refractivity contribution is 0.0956. The Balaban J connectivity index is 2.83. The van der Waals surface area contributed by atoms with E-state index in [1.54, 1.807) is 0 Å². The third-order valence-electron chi connectivity index (χ3n) is 1.57. The number of nitrogens with one attached hydrogen (secondary N) is 1. The summed E-state index contributed by atoms with van der Waals surface area (Å²) in [5.41, 5.74) is 0.285. The maximum atomic E-state index is 11.4. The molecule has 0 aliphatic rings. The Hall–Kier alpha value is -0.740. The monoisotopic (exact) mass is 277 g/mol. The fourth-order valence-electron chi connectivity index (χ4n) is 0.943. The molecule has 3 nitrogen and oxygen atoms in total. The molecule has 0 bridgehead atoms. The molecule has 0 spiro atoms. The number of phenolic OH excluding ortho intramolecular Hbond substituents is 1. The van der Waals surface area contributed by atoms with Crippen LogP contribution in [0, 0.1) is 0 Å². The van der Waals surface area contributed by atoms with Gasteiger partial charge >= 0.3 is 0 Å². The van der Waals surface area contributed by atoms with Gasteiger partial charge in [-0.05, 0) is 18.2 Å². The lowest BCUT2D eigenvalue weighted by Crippen LogP contribution is -2.25. The molecule has 1 rings (SSSR count). The van der Waals surface area contributed by atoms with Crippen LogP contribution in [0.3, 0.4) is 0 Å². The second-order valence-corrected chi connectivity index (χ2v) is 3.81. The van der Waals surface area contributed by atoms with Gasteiger partial charge in [0.05, 0.1) is 10.6 Å². The molecule has 0 aliphatic heterocycles. The summed E-state index contributed by atoms with van der Waals surface area (Å²) in [5, 5.41) is 12.8. The van der Waals surface area contributed by atoms with Crippen LogP contribution >= 0.6 is 27.5 Å². The van der Waals surface area contributed by atoms with Crippen LogP contribution in [-0.4, -0.2) is 22.9 Å². The molecule has 1 aromatic carbocycles. The minimum absolute atomic E-state index is 0.0263. The number of hydrogen-bond donors (Lipinski definition) is 2. The van der Waals surface area contributed by atoms with E-state index in [-0.39, 0.29) is 17.2 Å². The first kappa shape index (κ1) is 11.3. The molecule has 5 heteroatoms. The molecule has 14 heavy (non-hydrogen) atoms. The van der Waals surface area contributed by atoms with Crippen LogP contribution in [0.2, 0.25) is 5.02 Å². The Bertz CT molecular complexity index is 344. The summed E-state index contributed by atoms with van der Waals surface area (Å²) >= 11 is 8.97. The Morgan fingerprint density at radius 2 is 2.29 bits per heavy atom. The predicted octanol–water partition coefficient (Wildman–Crippen LogP) is 2.17. The summed E-state index contributed by atoms with van der Waals surface area (Å²) in [6.45, 7) is 0.519. The van der Waals surface area contributed by atoms with Gasteiger partial charge in [0, 0.05) is 11.9 Å². The van der Waals surface area contributed by atoms with E-state index in [0.29, 0.717) is 16.9 Å². The number of halogens is 2. The van der Waals surface area contributed by atoms with Crippen molar-refractivity contribution in [2.45, 2.75) is 0 Å². The molecule has 76 valence electrons. The number of carbonyl (C=O) groups is 1. The molecule has 0 radical (unpaired) electrons. The number of phenols is 1. The zero-order chi connectivity index (χ0) is 10.6. The highest BCUT2D eigenvalue weighted by Gasteiger charge is 2.09. The first-order valence-corrected chi connectivity index (χ1v) is 5.47. The van der Waals surface area contributed by atoms with Crippen LogP contribution in [0.4, 0.5) is 0 Å². The summed E-state index contributed by atoms with van der Waals surface area (Å²) in [7, 11) is 0. The molecule has 0 fully saturated rings. The van der Waals surface area contributed by atoms with Crippen molar-refractivity contribution in [2.24, 2.45) is 0 Å². The summed E-state index contributed by atoms with van der Waals surface area (Å²) in [6.07, 6.45) is 0. The van der Waals surface area contributed by atoms with Gasteiger partial charge in [0.15, 0.2) is 0 Å². The van der Waals surface area contributed by atoms with Crippen LogP contribution in [0.15, 0.2) is 18.2 Å². The van der Waals surface area contributed by atoms with Crippen LogP contribution in [0.1, 0.15) is 10.4 Å². The standard InChI is InChI=1S/C9H9BrClNO2/c10-3-4-12-9(14)7-5-6(13)1-2-8(7)11/h1-2,5,13H,3-4H2,(H,12,14). The van der Waals surface area contributed by atoms with Crippen molar-refractivity contribution in [3.05, 3.63) is 28.8 Å². The summed E-state index contributed by atoms with van der Waals surface area (Å²) < 4.78 is 0. The van der Waals surface area contributed by atoms with Crippen molar-refractivity contribution in [1.82, 2.24) is 5.32 Å². The summed E-state index contributed by atoms with van der Waals surface area (Å²) in [5.74, 6) is -0.260. The van der Waals surface area contributed by atoms with Gasteiger partial charge < -0.3 is 10.4 Å². The Labute approximate surface area is 95.2 Å². The number of carbonyl (C=O) groups excluding carboxylic acids is 1. The van der Waals surface area contributed by atoms with Gasteiger partial charge in [-0.15, -0.1) is 0 Å². The molecule has 0 heterocycles. The normalized spacial score (nSPS) is 9.86. The number of rotatable bonds is 3. The third-order valence-corrected chi connectivity index (χ3v) is 2.30. The van der Waals surface area contributed by atoms with E-state index in [2.05, 4.69) is 21.2 Å². The zero-order valence-corrected chi connectivity index (χ0v) is 9.60. The van der Waals surface area contributed by atoms with E-state index in [9.17, 15) is 4.79 Å². The molecule has 0 unspecified atom stereocenters. The molecule has 1 amide bonds. The molecule has 0 saturated carbocycles. The van der Waals surface area contributed by atoms with Crippen LogP contribution in [0.5, 0.6) is 5.75 Å². The number of amides is 1. The van der Waals surface area contributed by atoms with Crippen molar-refractivity contribution in [1.29, 1.82) is 0 Å². The second kappa shape index (κ2) is 5.22. The first-order chi connectivity index (χ1) is 6.65. The molecule has 0 atom stereocenters. The van der Waals surface area contributed by atoms with Gasteiger partial charge in [0.25, 0.3) is 5.91 Å². The molecule has 0 aromatic heterocycles. The van der Waals surface area contributed by atoms with Gasteiger partial charge in [-0.3, -0.25) is 4.79 Å². The lowest BCUT2D eigenvalue weighted by Gasteiger charge is -2.05. The van der Waals surface area contributed by atoms with E-state index in [4.69, 9.17) is 16.7 Å². The van der Waals surface area contributed by atoms with E-state index < -0.39 is 0 Å². The van der Waals surface area contributed by atoms with Crippen molar-refractivity contribution >= 4 is 33.4 Å². The lowest BCUT2D eigenvalue weighted by atomic mass is 10.2. The fourth-order valence-corrected chi connectivity index (χ4v) is 1.34. The van der Waals surface area contributed by atoms with E-state index >= 15 is 0 Å². The van der Waals surface area contributed by atoms with Crippen molar-refractivity contribution in [3.63, 3.8) is 0 Å². The Kier molecular flexibility index (Phi) is 4.22. The quantitative estimate of drug-likeness (QED) is 0.833. The Morgan fingerprint density at radius 1 is 1.57 bits per heavy atom. The summed E-state index contributed by atoms with van der Waals surface area (Å²) in [4.78, 5) is 11.4. The van der Waals surface area contributed by atoms with Crippen LogP contribution < -0.4 is 5.32 Å². The van der Waals surface area contributed by atoms with E-state index in [1.165, 1.54) is 18.2 Å². The summed E-state index contributed by atoms with van der Waals surface area (Å²) in [6, 6.07) is 4.26. The zero-order valence-electron chi connectivity index (χ0n) is 7.26. The van der Waals surface area contributed by atoms with Gasteiger partial charge in [-0.2, -0.15) is 0 Å². The number of aromatic hydroxyl groups is 1. The number of hydrogen-bond acceptors (Lipinski definition) is 2. The highest BCUT2D eigenvalue weighted by molar-refractivity contribution is 9.09. The highest BCUT2D eigenvalue weighted by atomic mass is 79.9. The number of benzene rings is 1. The maximum absolute atomic E-state index is 11.4. The van der Waals surface area contributed by atoms with Gasteiger partial charge in [0.2, 0.25) is 0 Å². The first-order valence-electron chi connectivity index (χ1n) is 3.98. The topological polar surface area (TPSA) is 49.3 Å². The largest absolute Gasteiger partial charge is 0.508 e. The van der Waals surface area contributed by atoms with Crippen molar-refractivity contribution in [2.75, 3.05) is 11.9 Å². The second-order valence-electron chi connectivity index (χ2n) is 2.61. The van der Waals surface area contributed by atoms with Gasteiger partial charge in [0.1, 0.15) is 5.75 Å². The molecular weight excluding hydrogens is 269 g/mol. The molecule has 0 saturated heterocycles. The number of alkyl halides is 1. The minimum atomic E-state index is -0.287. The van der Waals surface area contributed by atoms with Gasteiger partial charge in [-0.1, -0.05) is 27.5 Å². The van der Waals surface area contributed by atoms with Crippen LogP contribution in [0.25, 0.3) is 0 Å². The average molecular weight is 279 g/mol. The average Bonchev–Trinajstić information content (AvgIpc) is 2.18. The molecule has 0 aliphatic carbocycles. The van der Waals surface area contributed by atoms with E-state index in [1.807, 2.05) is 0 Å². The molecule has 1 aromatic rings. The smallest absolute Gasteiger partial charge is 0.252 e. The maximum Gasteiger partial charge on any atom is 0.252 e. The molecular formula is C9H9BrClNO2. The van der Waals surface area contributed by atoms with Crippen LogP contribution in [-0.2, 0) is 0 Å². The molecule has 2 N–H and O–H groups in total. The van der Waals surface area contributed by atoms with Gasteiger partial charge in [-0.25, -0.2) is 0 Å². The predicted molar refractivity (Wildman–Crippen MR) is 59.2 cm³/mol. The SMILES string of the molecule is O=C(NCCBr)c1cc(O)ccc1Cl. The van der Waals surface area contributed by atoms with E-state index in [0.717, 1.165) is 0 Å². The van der Waals surface area contributed by atoms with Crippen molar-refractivity contribution in [3.8, 4) is 5.75 Å². The third kappa shape index (κ3) is 2.89. The van der Waals surface area contributed by atoms with Crippen molar-refractivity contribution < 1.29 is 9.90 Å². The minimum Gasteiger partial charge on any atom is -0.508 e.